The molecule has 5 heteroatoms. The lowest BCUT2D eigenvalue weighted by atomic mass is 9.97. The van der Waals surface area contributed by atoms with Crippen molar-refractivity contribution in [1.82, 2.24) is 9.97 Å². The Morgan fingerprint density at radius 2 is 2.05 bits per heavy atom. The highest BCUT2D eigenvalue weighted by Crippen LogP contribution is 2.38. The van der Waals surface area contributed by atoms with E-state index in [2.05, 4.69) is 29.1 Å². The van der Waals surface area contributed by atoms with Gasteiger partial charge in [-0.3, -0.25) is 0 Å². The van der Waals surface area contributed by atoms with E-state index in [1.165, 1.54) is 41.5 Å². The van der Waals surface area contributed by atoms with Gasteiger partial charge in [0.05, 0.1) is 11.5 Å². The molecule has 0 saturated carbocycles. The quantitative estimate of drug-likeness (QED) is 0.814. The number of aromatic nitrogens is 2. The highest BCUT2D eigenvalue weighted by Gasteiger charge is 2.20. The van der Waals surface area contributed by atoms with Crippen LogP contribution in [0.2, 0.25) is 0 Å². The van der Waals surface area contributed by atoms with E-state index in [0.717, 1.165) is 36.0 Å². The predicted octanol–water partition coefficient (Wildman–Crippen LogP) is 4.11. The average molecular weight is 319 g/mol. The highest BCUT2D eigenvalue weighted by atomic mass is 32.1. The fourth-order valence-corrected chi connectivity index (χ4v) is 4.30. The van der Waals surface area contributed by atoms with Crippen molar-refractivity contribution in [1.29, 1.82) is 0 Å². The second kappa shape index (κ2) is 6.92. The minimum absolute atomic E-state index is 0.303. The highest BCUT2D eigenvalue weighted by molar-refractivity contribution is 7.19. The molecule has 4 nitrogen and oxygen atoms in total. The minimum Gasteiger partial charge on any atom is -0.379 e. The first-order chi connectivity index (χ1) is 10.6. The van der Waals surface area contributed by atoms with Gasteiger partial charge in [0.1, 0.15) is 16.5 Å². The summed E-state index contributed by atoms with van der Waals surface area (Å²) in [5, 5.41) is 4.79. The Balaban J connectivity index is 1.77. The number of anilines is 1. The zero-order valence-electron chi connectivity index (χ0n) is 13.7. The molecule has 3 rings (SSSR count). The SMILES string of the molecule is Cc1nc(NCCCOC(C)C)c2c3c(sc2n1)CCCC3. The van der Waals surface area contributed by atoms with E-state index < -0.39 is 0 Å². The number of rotatable bonds is 6. The Labute approximate surface area is 136 Å². The van der Waals surface area contributed by atoms with E-state index >= 15 is 0 Å². The molecular weight excluding hydrogens is 294 g/mol. The van der Waals surface area contributed by atoms with E-state index in [1.807, 2.05) is 18.3 Å². The van der Waals surface area contributed by atoms with Gasteiger partial charge in [-0.1, -0.05) is 0 Å². The van der Waals surface area contributed by atoms with Gasteiger partial charge in [-0.25, -0.2) is 9.97 Å². The summed E-state index contributed by atoms with van der Waals surface area (Å²) in [7, 11) is 0. The molecule has 1 N–H and O–H groups in total. The second-order valence-electron chi connectivity index (χ2n) is 6.21. The van der Waals surface area contributed by atoms with Gasteiger partial charge in [0.25, 0.3) is 0 Å². The molecule has 2 heterocycles. The monoisotopic (exact) mass is 319 g/mol. The van der Waals surface area contributed by atoms with Crippen molar-refractivity contribution < 1.29 is 4.74 Å². The standard InChI is InChI=1S/C17H25N3OS/c1-11(2)21-10-6-9-18-16-15-13-7-4-5-8-14(13)22-17(15)20-12(3)19-16/h11H,4-10H2,1-3H3,(H,18,19,20). The number of nitrogens with zero attached hydrogens (tertiary/aromatic N) is 2. The van der Waals surface area contributed by atoms with E-state index in [1.54, 1.807) is 0 Å². The van der Waals surface area contributed by atoms with Gasteiger partial charge in [-0.05, 0) is 58.4 Å². The smallest absolute Gasteiger partial charge is 0.138 e. The number of hydrogen-bond acceptors (Lipinski definition) is 5. The number of thiophene rings is 1. The fourth-order valence-electron chi connectivity index (χ4n) is 2.99. The lowest BCUT2D eigenvalue weighted by Gasteiger charge is -2.13. The van der Waals surface area contributed by atoms with Crippen molar-refractivity contribution in [2.24, 2.45) is 0 Å². The van der Waals surface area contributed by atoms with E-state index in [-0.39, 0.29) is 0 Å². The number of aryl methyl sites for hydroxylation is 3. The molecule has 0 saturated heterocycles. The Morgan fingerprint density at radius 3 is 2.86 bits per heavy atom. The molecule has 1 aliphatic carbocycles. The topological polar surface area (TPSA) is 47.0 Å². The Kier molecular flexibility index (Phi) is 4.93. The molecule has 0 bridgehead atoms. The van der Waals surface area contributed by atoms with Crippen molar-refractivity contribution in [3.05, 3.63) is 16.3 Å². The first kappa shape index (κ1) is 15.7. The summed E-state index contributed by atoms with van der Waals surface area (Å²) < 4.78 is 5.60. The zero-order valence-corrected chi connectivity index (χ0v) is 14.6. The summed E-state index contributed by atoms with van der Waals surface area (Å²) in [6.45, 7) is 7.80. The lowest BCUT2D eigenvalue weighted by Crippen LogP contribution is -2.11. The average Bonchev–Trinajstić information content (AvgIpc) is 2.84. The van der Waals surface area contributed by atoms with Crippen molar-refractivity contribution in [3.8, 4) is 0 Å². The summed E-state index contributed by atoms with van der Waals surface area (Å²) in [6, 6.07) is 0. The zero-order chi connectivity index (χ0) is 15.5. The van der Waals surface area contributed by atoms with Crippen LogP contribution in [-0.2, 0) is 17.6 Å². The van der Waals surface area contributed by atoms with Crippen LogP contribution in [0.25, 0.3) is 10.2 Å². The molecule has 2 aromatic heterocycles. The van der Waals surface area contributed by atoms with Crippen LogP contribution in [0.4, 0.5) is 5.82 Å². The Bertz CT molecular complexity index is 651. The molecule has 0 radical (unpaired) electrons. The molecule has 0 amide bonds. The molecule has 1 aliphatic rings. The molecule has 120 valence electrons. The van der Waals surface area contributed by atoms with E-state index in [9.17, 15) is 0 Å². The summed E-state index contributed by atoms with van der Waals surface area (Å²) in [5.41, 5.74) is 1.49. The fraction of sp³-hybridized carbons (Fsp3) is 0.647. The number of hydrogen-bond donors (Lipinski definition) is 1. The molecule has 0 atom stereocenters. The number of fused-ring (bicyclic) bond motifs is 3. The number of ether oxygens (including phenoxy) is 1. The van der Waals surface area contributed by atoms with E-state index in [0.29, 0.717) is 6.10 Å². The normalized spacial score (nSPS) is 14.5. The molecule has 0 fully saturated rings. The molecule has 0 aliphatic heterocycles. The van der Waals surface area contributed by atoms with Gasteiger partial charge in [0.2, 0.25) is 0 Å². The van der Waals surface area contributed by atoms with Crippen LogP contribution in [-0.4, -0.2) is 29.2 Å². The first-order valence-corrected chi connectivity index (χ1v) is 9.11. The van der Waals surface area contributed by atoms with E-state index in [4.69, 9.17) is 4.74 Å². The predicted molar refractivity (Wildman–Crippen MR) is 93.0 cm³/mol. The van der Waals surface area contributed by atoms with Gasteiger partial charge in [-0.15, -0.1) is 11.3 Å². The maximum Gasteiger partial charge on any atom is 0.138 e. The van der Waals surface area contributed by atoms with Crippen molar-refractivity contribution in [2.45, 2.75) is 59.0 Å². The van der Waals surface area contributed by atoms with Gasteiger partial charge in [0.15, 0.2) is 0 Å². The van der Waals surface area contributed by atoms with Crippen LogP contribution in [0.5, 0.6) is 0 Å². The molecular formula is C17H25N3OS. The largest absolute Gasteiger partial charge is 0.379 e. The van der Waals surface area contributed by atoms with Crippen molar-refractivity contribution >= 4 is 27.4 Å². The molecule has 22 heavy (non-hydrogen) atoms. The third-order valence-electron chi connectivity index (χ3n) is 3.99. The Hall–Kier alpha value is -1.20. The molecule has 2 aromatic rings. The minimum atomic E-state index is 0.303. The third-order valence-corrected chi connectivity index (χ3v) is 5.18. The molecule has 0 spiro atoms. The maximum absolute atomic E-state index is 5.60. The van der Waals surface area contributed by atoms with Gasteiger partial charge in [0, 0.05) is 18.0 Å². The summed E-state index contributed by atoms with van der Waals surface area (Å²) in [6.07, 6.45) is 6.27. The van der Waals surface area contributed by atoms with Crippen LogP contribution < -0.4 is 5.32 Å². The van der Waals surface area contributed by atoms with Gasteiger partial charge in [-0.2, -0.15) is 0 Å². The summed E-state index contributed by atoms with van der Waals surface area (Å²) >= 11 is 1.86. The first-order valence-electron chi connectivity index (χ1n) is 8.29. The third kappa shape index (κ3) is 3.41. The number of nitrogens with one attached hydrogen (secondary N) is 1. The lowest BCUT2D eigenvalue weighted by molar-refractivity contribution is 0.0787. The Morgan fingerprint density at radius 1 is 1.23 bits per heavy atom. The second-order valence-corrected chi connectivity index (χ2v) is 7.29. The summed E-state index contributed by atoms with van der Waals surface area (Å²) in [4.78, 5) is 12.0. The van der Waals surface area contributed by atoms with Crippen molar-refractivity contribution in [3.63, 3.8) is 0 Å². The van der Waals surface area contributed by atoms with Crippen LogP contribution in [0.1, 0.15) is 49.4 Å². The molecule has 0 unspecified atom stereocenters. The van der Waals surface area contributed by atoms with Gasteiger partial charge < -0.3 is 10.1 Å². The van der Waals surface area contributed by atoms with Crippen molar-refractivity contribution in [2.75, 3.05) is 18.5 Å². The van der Waals surface area contributed by atoms with Crippen LogP contribution in [0.15, 0.2) is 0 Å². The molecule has 0 aromatic carbocycles. The van der Waals surface area contributed by atoms with Crippen LogP contribution >= 0.6 is 11.3 Å². The van der Waals surface area contributed by atoms with Crippen LogP contribution in [0, 0.1) is 6.92 Å². The maximum atomic E-state index is 5.60. The summed E-state index contributed by atoms with van der Waals surface area (Å²) in [5.74, 6) is 1.87. The van der Waals surface area contributed by atoms with Crippen LogP contribution in [0.3, 0.4) is 0 Å². The van der Waals surface area contributed by atoms with Gasteiger partial charge >= 0.3 is 0 Å².